The topological polar surface area (TPSA) is 96.0 Å². The number of nitrogens with zero attached hydrogens (tertiary/aromatic N) is 2. The molecule has 7 heteroatoms. The van der Waals surface area contributed by atoms with Crippen LogP contribution in [0.2, 0.25) is 5.02 Å². The first-order chi connectivity index (χ1) is 8.57. The first kappa shape index (κ1) is 13.9. The molecular weight excluding hydrogens is 258 g/mol. The van der Waals surface area contributed by atoms with Crippen LogP contribution in [0.1, 0.15) is 23.2 Å². The van der Waals surface area contributed by atoms with Gasteiger partial charge in [-0.05, 0) is 12.5 Å². The van der Waals surface area contributed by atoms with Crippen LogP contribution in [-0.2, 0) is 0 Å². The third-order valence-electron chi connectivity index (χ3n) is 2.17. The van der Waals surface area contributed by atoms with E-state index in [-0.39, 0.29) is 16.3 Å². The second-order valence-corrected chi connectivity index (χ2v) is 3.79. The maximum atomic E-state index is 11.7. The Bertz CT molecular complexity index is 511. The number of carbonyl (C=O) groups is 1. The van der Waals surface area contributed by atoms with Crippen molar-refractivity contribution in [3.63, 3.8) is 0 Å². The monoisotopic (exact) mass is 267 g/mol. The predicted octanol–water partition coefficient (Wildman–Crippen LogP) is 2.28. The summed E-state index contributed by atoms with van der Waals surface area (Å²) in [6.07, 6.45) is 0.859. The van der Waals surface area contributed by atoms with Gasteiger partial charge >= 0.3 is 0 Å². The highest BCUT2D eigenvalue weighted by atomic mass is 35.5. The minimum absolute atomic E-state index is 0.0582. The second-order valence-electron chi connectivity index (χ2n) is 3.41. The lowest BCUT2D eigenvalue weighted by Crippen LogP contribution is -2.24. The molecule has 0 aliphatic carbocycles. The molecule has 18 heavy (non-hydrogen) atoms. The normalized spacial score (nSPS) is 9.56. The Morgan fingerprint density at radius 2 is 2.28 bits per heavy atom. The molecule has 0 heterocycles. The summed E-state index contributed by atoms with van der Waals surface area (Å²) in [4.78, 5) is 21.7. The van der Waals surface area contributed by atoms with Gasteiger partial charge in [0.05, 0.1) is 16.6 Å². The van der Waals surface area contributed by atoms with Crippen molar-refractivity contribution < 1.29 is 9.72 Å². The molecule has 0 radical (unpaired) electrons. The van der Waals surface area contributed by atoms with Gasteiger partial charge in [0.25, 0.3) is 11.6 Å². The van der Waals surface area contributed by atoms with Gasteiger partial charge in [0, 0.05) is 19.0 Å². The summed E-state index contributed by atoms with van der Waals surface area (Å²) in [5, 5.41) is 21.3. The zero-order valence-electron chi connectivity index (χ0n) is 9.35. The van der Waals surface area contributed by atoms with Crippen LogP contribution in [0.4, 0.5) is 5.69 Å². The number of nitro groups is 1. The van der Waals surface area contributed by atoms with Crippen molar-refractivity contribution in [2.45, 2.75) is 12.8 Å². The standard InChI is InChI=1S/C11H10ClN3O3/c12-10-8(4-3-5-9(10)15(17)18)11(16)14-7-2-1-6-13/h3-5H,1-2,7H2,(H,14,16). The van der Waals surface area contributed by atoms with E-state index in [1.807, 2.05) is 6.07 Å². The van der Waals surface area contributed by atoms with Crippen molar-refractivity contribution in [1.82, 2.24) is 5.32 Å². The summed E-state index contributed by atoms with van der Waals surface area (Å²) in [5.74, 6) is -0.485. The van der Waals surface area contributed by atoms with Crippen LogP contribution in [0.3, 0.4) is 0 Å². The Morgan fingerprint density at radius 1 is 1.56 bits per heavy atom. The third kappa shape index (κ3) is 3.43. The highest BCUT2D eigenvalue weighted by Gasteiger charge is 2.19. The van der Waals surface area contributed by atoms with Gasteiger partial charge in [-0.2, -0.15) is 5.26 Å². The summed E-state index contributed by atoms with van der Waals surface area (Å²) in [5.41, 5.74) is -0.246. The molecule has 0 aliphatic heterocycles. The number of nitrogens with one attached hydrogen (secondary N) is 1. The molecule has 1 N–H and O–H groups in total. The molecule has 94 valence electrons. The molecule has 0 unspecified atom stereocenters. The molecular formula is C11H10ClN3O3. The minimum Gasteiger partial charge on any atom is -0.352 e. The van der Waals surface area contributed by atoms with Gasteiger partial charge in [0.2, 0.25) is 0 Å². The number of rotatable bonds is 5. The number of benzene rings is 1. The van der Waals surface area contributed by atoms with Crippen LogP contribution in [0.15, 0.2) is 18.2 Å². The summed E-state index contributed by atoms with van der Waals surface area (Å²) in [7, 11) is 0. The molecule has 1 rings (SSSR count). The molecule has 1 amide bonds. The quantitative estimate of drug-likeness (QED) is 0.503. The molecule has 0 saturated heterocycles. The molecule has 0 aliphatic rings. The minimum atomic E-state index is -0.644. The van der Waals surface area contributed by atoms with Gasteiger partial charge in [0.1, 0.15) is 5.02 Å². The molecule has 0 saturated carbocycles. The fourth-order valence-electron chi connectivity index (χ4n) is 1.30. The van der Waals surface area contributed by atoms with Crippen LogP contribution >= 0.6 is 11.6 Å². The maximum Gasteiger partial charge on any atom is 0.288 e. The van der Waals surface area contributed by atoms with Gasteiger partial charge < -0.3 is 5.32 Å². The van der Waals surface area contributed by atoms with E-state index >= 15 is 0 Å². The maximum absolute atomic E-state index is 11.7. The van der Waals surface area contributed by atoms with Gasteiger partial charge in [-0.1, -0.05) is 17.7 Å². The Labute approximate surface area is 108 Å². The zero-order chi connectivity index (χ0) is 13.5. The first-order valence-electron chi connectivity index (χ1n) is 5.16. The lowest BCUT2D eigenvalue weighted by molar-refractivity contribution is -0.384. The molecule has 0 spiro atoms. The average Bonchev–Trinajstić information content (AvgIpc) is 2.34. The van der Waals surface area contributed by atoms with Gasteiger partial charge in [-0.3, -0.25) is 14.9 Å². The molecule has 0 aromatic heterocycles. The number of carbonyl (C=O) groups excluding carboxylic acids is 1. The molecule has 0 bridgehead atoms. The van der Waals surface area contributed by atoms with Gasteiger partial charge in [-0.25, -0.2) is 0 Å². The molecule has 1 aromatic carbocycles. The van der Waals surface area contributed by atoms with Crippen LogP contribution in [0.25, 0.3) is 0 Å². The smallest absolute Gasteiger partial charge is 0.288 e. The molecule has 1 aromatic rings. The van der Waals surface area contributed by atoms with Crippen LogP contribution in [-0.4, -0.2) is 17.4 Å². The lowest BCUT2D eigenvalue weighted by atomic mass is 10.2. The molecule has 0 atom stereocenters. The molecule has 0 fully saturated rings. The number of nitriles is 1. The van der Waals surface area contributed by atoms with E-state index < -0.39 is 10.8 Å². The Balaban J connectivity index is 2.78. The zero-order valence-corrected chi connectivity index (χ0v) is 10.1. The number of nitro benzene ring substituents is 1. The van der Waals surface area contributed by atoms with E-state index in [1.165, 1.54) is 18.2 Å². The van der Waals surface area contributed by atoms with E-state index in [2.05, 4.69) is 5.32 Å². The van der Waals surface area contributed by atoms with Gasteiger partial charge in [0.15, 0.2) is 0 Å². The Morgan fingerprint density at radius 3 is 2.89 bits per heavy atom. The fraction of sp³-hybridized carbons (Fsp3) is 0.273. The lowest BCUT2D eigenvalue weighted by Gasteiger charge is -2.05. The largest absolute Gasteiger partial charge is 0.352 e. The van der Waals surface area contributed by atoms with Crippen molar-refractivity contribution in [2.75, 3.05) is 6.54 Å². The van der Waals surface area contributed by atoms with Crippen molar-refractivity contribution >= 4 is 23.2 Å². The summed E-state index contributed by atoms with van der Waals surface area (Å²) in [6, 6.07) is 5.99. The van der Waals surface area contributed by atoms with Gasteiger partial charge in [-0.15, -0.1) is 0 Å². The highest BCUT2D eigenvalue weighted by molar-refractivity contribution is 6.35. The number of hydrogen-bond acceptors (Lipinski definition) is 4. The Kier molecular flexibility index (Phi) is 5.08. The van der Waals surface area contributed by atoms with Crippen molar-refractivity contribution in [2.24, 2.45) is 0 Å². The predicted molar refractivity (Wildman–Crippen MR) is 65.3 cm³/mol. The first-order valence-corrected chi connectivity index (χ1v) is 5.53. The average molecular weight is 268 g/mol. The van der Waals surface area contributed by atoms with Crippen molar-refractivity contribution in [3.8, 4) is 6.07 Å². The number of halogens is 1. The SMILES string of the molecule is N#CCCCNC(=O)c1cccc([N+](=O)[O-])c1Cl. The van der Waals surface area contributed by atoms with Crippen LogP contribution < -0.4 is 5.32 Å². The van der Waals surface area contributed by atoms with Crippen LogP contribution in [0, 0.1) is 21.4 Å². The van der Waals surface area contributed by atoms with E-state index in [0.29, 0.717) is 19.4 Å². The second kappa shape index (κ2) is 6.57. The summed E-state index contributed by atoms with van der Waals surface area (Å²) < 4.78 is 0. The fourth-order valence-corrected chi connectivity index (χ4v) is 1.58. The summed E-state index contributed by atoms with van der Waals surface area (Å²) in [6.45, 7) is 0.325. The van der Waals surface area contributed by atoms with Crippen molar-refractivity contribution in [1.29, 1.82) is 5.26 Å². The molecule has 6 nitrogen and oxygen atoms in total. The van der Waals surface area contributed by atoms with E-state index in [1.54, 1.807) is 0 Å². The van der Waals surface area contributed by atoms with E-state index in [9.17, 15) is 14.9 Å². The third-order valence-corrected chi connectivity index (χ3v) is 2.57. The Hall–Kier alpha value is -2.13. The number of hydrogen-bond donors (Lipinski definition) is 1. The summed E-state index contributed by atoms with van der Waals surface area (Å²) >= 11 is 5.78. The highest BCUT2D eigenvalue weighted by Crippen LogP contribution is 2.27. The van der Waals surface area contributed by atoms with Crippen LogP contribution in [0.5, 0.6) is 0 Å². The number of unbranched alkanes of at least 4 members (excludes halogenated alkanes) is 1. The van der Waals surface area contributed by atoms with Crippen molar-refractivity contribution in [3.05, 3.63) is 38.9 Å². The number of amides is 1. The van der Waals surface area contributed by atoms with E-state index in [4.69, 9.17) is 16.9 Å². The van der Waals surface area contributed by atoms with E-state index in [0.717, 1.165) is 0 Å².